The van der Waals surface area contributed by atoms with Crippen molar-refractivity contribution in [1.29, 1.82) is 0 Å². The number of β-amino-alcohol motifs (C(OH)–C–C–N with tert-alkyl or cyclic N) is 1. The minimum atomic E-state index is -0.595. The molecule has 2 aromatic carbocycles. The second kappa shape index (κ2) is 4.78. The third-order valence-corrected chi connectivity index (χ3v) is 5.08. The number of aliphatic hydroxyl groups is 1. The van der Waals surface area contributed by atoms with E-state index >= 15 is 0 Å². The van der Waals surface area contributed by atoms with Crippen LogP contribution in [0.5, 0.6) is 28.7 Å². The summed E-state index contributed by atoms with van der Waals surface area (Å²) in [7, 11) is 1.97. The third-order valence-electron chi connectivity index (χ3n) is 5.08. The van der Waals surface area contributed by atoms with Gasteiger partial charge in [-0.3, -0.25) is 4.90 Å². The maximum absolute atomic E-state index is 10.4. The molecular formula is C18H17NO5. The van der Waals surface area contributed by atoms with Gasteiger partial charge in [-0.25, -0.2) is 0 Å². The number of aromatic hydroxyl groups is 1. The largest absolute Gasteiger partial charge is 0.504 e. The molecule has 0 radical (unpaired) electrons. The molecule has 0 bridgehead atoms. The number of nitrogens with zero attached hydrogens (tertiary/aromatic N) is 1. The van der Waals surface area contributed by atoms with E-state index in [1.54, 1.807) is 12.1 Å². The molecule has 6 nitrogen and oxygen atoms in total. The van der Waals surface area contributed by atoms with Gasteiger partial charge in [0.1, 0.15) is 5.75 Å². The number of phenolic OH excluding ortho intramolecular Hbond substituents is 1. The van der Waals surface area contributed by atoms with Crippen molar-refractivity contribution in [3.8, 4) is 28.7 Å². The standard InChI is InChI=1S/C18H17NO5/c1-19-7-13(21)10-2-3-12(20)18-17(10)11(19)4-9-5-15-16(23-8-22-15)6-14(9)24-18/h2-3,5-6,11,13,20-21H,4,7-8H2,1H3. The van der Waals surface area contributed by atoms with E-state index in [4.69, 9.17) is 14.2 Å². The van der Waals surface area contributed by atoms with Crippen molar-refractivity contribution in [2.75, 3.05) is 20.4 Å². The van der Waals surface area contributed by atoms with Gasteiger partial charge in [-0.05, 0) is 31.2 Å². The molecule has 3 aliphatic rings. The van der Waals surface area contributed by atoms with E-state index in [0.29, 0.717) is 36.0 Å². The normalized spacial score (nSPS) is 23.9. The molecule has 0 aliphatic carbocycles. The molecule has 0 saturated heterocycles. The summed E-state index contributed by atoms with van der Waals surface area (Å²) in [5.74, 6) is 2.51. The second-order valence-corrected chi connectivity index (χ2v) is 6.51. The zero-order chi connectivity index (χ0) is 16.4. The molecule has 0 fully saturated rings. The zero-order valence-corrected chi connectivity index (χ0v) is 13.2. The number of aliphatic hydroxyl groups excluding tert-OH is 1. The number of fused-ring (bicyclic) bond motifs is 2. The van der Waals surface area contributed by atoms with Crippen LogP contribution in [-0.4, -0.2) is 35.5 Å². The molecule has 124 valence electrons. The molecule has 3 aliphatic heterocycles. The van der Waals surface area contributed by atoms with E-state index in [1.807, 2.05) is 19.2 Å². The Bertz CT molecular complexity index is 850. The predicted octanol–water partition coefficient (Wildman–Crippen LogP) is 2.49. The van der Waals surface area contributed by atoms with Crippen LogP contribution in [0.15, 0.2) is 24.3 Å². The number of benzene rings is 2. The van der Waals surface area contributed by atoms with E-state index in [0.717, 1.165) is 16.7 Å². The molecule has 3 heterocycles. The van der Waals surface area contributed by atoms with Crippen LogP contribution in [0.4, 0.5) is 0 Å². The first-order chi connectivity index (χ1) is 11.6. The van der Waals surface area contributed by atoms with Crippen LogP contribution >= 0.6 is 0 Å². The molecule has 2 N–H and O–H groups in total. The highest BCUT2D eigenvalue weighted by molar-refractivity contribution is 5.60. The Kier molecular flexibility index (Phi) is 2.78. The minimum Gasteiger partial charge on any atom is -0.504 e. The fraction of sp³-hybridized carbons (Fsp3) is 0.333. The van der Waals surface area contributed by atoms with Gasteiger partial charge in [-0.2, -0.15) is 0 Å². The summed E-state index contributed by atoms with van der Waals surface area (Å²) in [4.78, 5) is 2.10. The Labute approximate surface area is 138 Å². The Morgan fingerprint density at radius 3 is 2.75 bits per heavy atom. The molecule has 2 aromatic rings. The molecule has 0 saturated carbocycles. The molecule has 0 amide bonds. The van der Waals surface area contributed by atoms with Gasteiger partial charge in [-0.1, -0.05) is 6.07 Å². The van der Waals surface area contributed by atoms with Crippen LogP contribution in [0.3, 0.4) is 0 Å². The van der Waals surface area contributed by atoms with Crippen molar-refractivity contribution in [2.45, 2.75) is 18.6 Å². The second-order valence-electron chi connectivity index (χ2n) is 6.51. The van der Waals surface area contributed by atoms with Crippen molar-refractivity contribution in [3.63, 3.8) is 0 Å². The van der Waals surface area contributed by atoms with Crippen molar-refractivity contribution in [1.82, 2.24) is 4.90 Å². The van der Waals surface area contributed by atoms with E-state index < -0.39 is 6.10 Å². The van der Waals surface area contributed by atoms with E-state index in [1.165, 1.54) is 0 Å². The summed E-state index contributed by atoms with van der Waals surface area (Å²) < 4.78 is 17.0. The van der Waals surface area contributed by atoms with Crippen molar-refractivity contribution in [2.24, 2.45) is 0 Å². The maximum Gasteiger partial charge on any atom is 0.231 e. The topological polar surface area (TPSA) is 71.4 Å². The molecule has 6 heteroatoms. The molecule has 2 atom stereocenters. The average Bonchev–Trinajstić information content (AvgIpc) is 2.92. The van der Waals surface area contributed by atoms with Gasteiger partial charge in [0, 0.05) is 29.8 Å². The lowest BCUT2D eigenvalue weighted by molar-refractivity contribution is 0.0832. The van der Waals surface area contributed by atoms with Gasteiger partial charge < -0.3 is 24.4 Å². The van der Waals surface area contributed by atoms with Crippen molar-refractivity contribution >= 4 is 0 Å². The van der Waals surface area contributed by atoms with E-state index in [2.05, 4.69) is 4.90 Å². The number of hydrogen-bond donors (Lipinski definition) is 2. The summed E-state index contributed by atoms with van der Waals surface area (Å²) in [6.07, 6.45) is 0.112. The smallest absolute Gasteiger partial charge is 0.231 e. The van der Waals surface area contributed by atoms with Crippen LogP contribution in [0.1, 0.15) is 28.8 Å². The van der Waals surface area contributed by atoms with Gasteiger partial charge in [0.2, 0.25) is 6.79 Å². The lowest BCUT2D eigenvalue weighted by Gasteiger charge is -2.37. The Morgan fingerprint density at radius 1 is 1.12 bits per heavy atom. The molecule has 0 aromatic heterocycles. The Balaban J connectivity index is 1.74. The number of likely N-dealkylation sites (N-methyl/N-ethyl adjacent to an activating group) is 1. The SMILES string of the molecule is CN1CC(O)c2ccc(O)c3c2C1Cc1cc2c(cc1O3)OCO2. The molecular weight excluding hydrogens is 310 g/mol. The number of phenols is 1. The summed E-state index contributed by atoms with van der Waals surface area (Å²) in [6, 6.07) is 7.14. The molecule has 2 unspecified atom stereocenters. The monoisotopic (exact) mass is 327 g/mol. The summed E-state index contributed by atoms with van der Waals surface area (Å²) in [5.41, 5.74) is 2.67. The summed E-state index contributed by atoms with van der Waals surface area (Å²) in [6.45, 7) is 0.751. The van der Waals surface area contributed by atoms with Gasteiger partial charge in [0.15, 0.2) is 23.0 Å². The number of hydrogen-bond acceptors (Lipinski definition) is 6. The van der Waals surface area contributed by atoms with Gasteiger partial charge in [-0.15, -0.1) is 0 Å². The third kappa shape index (κ3) is 1.84. The van der Waals surface area contributed by atoms with Crippen molar-refractivity contribution < 1.29 is 24.4 Å². The maximum atomic E-state index is 10.4. The molecule has 24 heavy (non-hydrogen) atoms. The van der Waals surface area contributed by atoms with Crippen LogP contribution < -0.4 is 14.2 Å². The lowest BCUT2D eigenvalue weighted by atomic mass is 9.87. The highest BCUT2D eigenvalue weighted by atomic mass is 16.7. The quantitative estimate of drug-likeness (QED) is 0.775. The molecule has 5 rings (SSSR count). The summed E-state index contributed by atoms with van der Waals surface area (Å²) >= 11 is 0. The highest BCUT2D eigenvalue weighted by Gasteiger charge is 2.37. The van der Waals surface area contributed by atoms with Gasteiger partial charge >= 0.3 is 0 Å². The first kappa shape index (κ1) is 13.9. The first-order valence-corrected chi connectivity index (χ1v) is 7.96. The van der Waals surface area contributed by atoms with Crippen LogP contribution in [0, 0.1) is 0 Å². The van der Waals surface area contributed by atoms with E-state index in [9.17, 15) is 10.2 Å². The average molecular weight is 327 g/mol. The van der Waals surface area contributed by atoms with E-state index in [-0.39, 0.29) is 18.6 Å². The highest BCUT2D eigenvalue weighted by Crippen LogP contribution is 2.51. The van der Waals surface area contributed by atoms with Crippen LogP contribution in [0.2, 0.25) is 0 Å². The Hall–Kier alpha value is -2.44. The van der Waals surface area contributed by atoms with Crippen molar-refractivity contribution in [3.05, 3.63) is 41.0 Å². The van der Waals surface area contributed by atoms with Crippen LogP contribution in [0.25, 0.3) is 0 Å². The minimum absolute atomic E-state index is 0.0205. The summed E-state index contributed by atoms with van der Waals surface area (Å²) in [5, 5.41) is 20.8. The fourth-order valence-electron chi connectivity index (χ4n) is 3.86. The first-order valence-electron chi connectivity index (χ1n) is 7.96. The number of ether oxygens (including phenoxy) is 3. The zero-order valence-electron chi connectivity index (χ0n) is 13.2. The van der Waals surface area contributed by atoms with Crippen LogP contribution in [-0.2, 0) is 6.42 Å². The lowest BCUT2D eigenvalue weighted by Crippen LogP contribution is -2.35. The fourth-order valence-corrected chi connectivity index (χ4v) is 3.86. The molecule has 0 spiro atoms. The predicted molar refractivity (Wildman–Crippen MR) is 84.8 cm³/mol. The van der Waals surface area contributed by atoms with Gasteiger partial charge in [0.05, 0.1) is 6.10 Å². The number of rotatable bonds is 0. The Morgan fingerprint density at radius 2 is 1.92 bits per heavy atom. The van der Waals surface area contributed by atoms with Gasteiger partial charge in [0.25, 0.3) is 0 Å².